The van der Waals surface area contributed by atoms with Crippen molar-refractivity contribution < 1.29 is 17.9 Å². The first-order valence-electron chi connectivity index (χ1n) is 7.95. The van der Waals surface area contributed by atoms with Crippen molar-refractivity contribution >= 4 is 22.4 Å². The molecule has 1 aliphatic carbocycles. The lowest BCUT2D eigenvalue weighted by Crippen LogP contribution is -2.38. The van der Waals surface area contributed by atoms with Gasteiger partial charge in [0.1, 0.15) is 0 Å². The average molecular weight is 377 g/mol. The summed E-state index contributed by atoms with van der Waals surface area (Å²) in [4.78, 5) is 0.238. The Morgan fingerprint density at radius 1 is 1.12 bits per heavy atom. The summed E-state index contributed by atoms with van der Waals surface area (Å²) in [6.45, 7) is 1.08. The molecule has 3 rings (SSSR count). The predicted molar refractivity (Wildman–Crippen MR) is 94.4 cm³/mol. The maximum Gasteiger partial charge on any atom is 0.243 e. The van der Waals surface area contributed by atoms with Crippen LogP contribution in [0.15, 0.2) is 23.1 Å². The molecule has 1 aliphatic heterocycles. The van der Waals surface area contributed by atoms with Crippen LogP contribution in [0.3, 0.4) is 0 Å². The largest absolute Gasteiger partial charge is 0.493 e. The lowest BCUT2D eigenvalue weighted by Gasteiger charge is -2.29. The van der Waals surface area contributed by atoms with Gasteiger partial charge in [0.25, 0.3) is 0 Å². The number of ether oxygens (including phenoxy) is 2. The Morgan fingerprint density at radius 3 is 2.46 bits per heavy atom. The van der Waals surface area contributed by atoms with Crippen molar-refractivity contribution in [3.05, 3.63) is 18.2 Å². The van der Waals surface area contributed by atoms with Crippen molar-refractivity contribution in [2.45, 2.75) is 30.2 Å². The maximum atomic E-state index is 12.9. The fourth-order valence-corrected chi connectivity index (χ4v) is 5.35. The number of fused-ring (bicyclic) bond motifs is 1. The Bertz CT molecular complexity index is 683. The van der Waals surface area contributed by atoms with Crippen molar-refractivity contribution in [3.63, 3.8) is 0 Å². The van der Waals surface area contributed by atoms with E-state index >= 15 is 0 Å². The number of halogens is 1. The number of rotatable bonds is 4. The van der Waals surface area contributed by atoms with Gasteiger partial charge in [0.2, 0.25) is 10.0 Å². The van der Waals surface area contributed by atoms with Gasteiger partial charge in [-0.3, -0.25) is 0 Å². The average Bonchev–Trinajstić information content (AvgIpc) is 3.00. The van der Waals surface area contributed by atoms with Gasteiger partial charge in [-0.1, -0.05) is 6.42 Å². The molecule has 136 valence electrons. The van der Waals surface area contributed by atoms with Gasteiger partial charge in [-0.25, -0.2) is 8.42 Å². The highest BCUT2D eigenvalue weighted by Crippen LogP contribution is 2.38. The summed E-state index contributed by atoms with van der Waals surface area (Å²) in [6.07, 6.45) is 3.15. The lowest BCUT2D eigenvalue weighted by molar-refractivity contribution is 0.260. The number of benzene rings is 1. The van der Waals surface area contributed by atoms with E-state index in [0.717, 1.165) is 19.3 Å². The van der Waals surface area contributed by atoms with Crippen molar-refractivity contribution in [1.82, 2.24) is 4.31 Å². The van der Waals surface area contributed by atoms with Crippen molar-refractivity contribution in [2.75, 3.05) is 27.3 Å². The molecule has 2 fully saturated rings. The van der Waals surface area contributed by atoms with Gasteiger partial charge in [0, 0.05) is 25.2 Å². The number of nitrogens with zero attached hydrogens (tertiary/aromatic N) is 1. The summed E-state index contributed by atoms with van der Waals surface area (Å²) >= 11 is 0. The molecule has 3 atom stereocenters. The molecular formula is C16H25ClN2O4S. The number of sulfonamides is 1. The molecule has 24 heavy (non-hydrogen) atoms. The van der Waals surface area contributed by atoms with E-state index in [1.807, 2.05) is 0 Å². The van der Waals surface area contributed by atoms with E-state index in [2.05, 4.69) is 0 Å². The van der Waals surface area contributed by atoms with Gasteiger partial charge in [0.15, 0.2) is 11.5 Å². The van der Waals surface area contributed by atoms with Gasteiger partial charge < -0.3 is 15.2 Å². The van der Waals surface area contributed by atoms with E-state index in [4.69, 9.17) is 15.2 Å². The molecule has 1 saturated heterocycles. The zero-order valence-electron chi connectivity index (χ0n) is 14.0. The third-order valence-corrected chi connectivity index (χ3v) is 6.94. The summed E-state index contributed by atoms with van der Waals surface area (Å²) in [5.74, 6) is 1.60. The summed E-state index contributed by atoms with van der Waals surface area (Å²) in [5, 5.41) is 0. The van der Waals surface area contributed by atoms with Crippen LogP contribution in [0, 0.1) is 11.8 Å². The summed E-state index contributed by atoms with van der Waals surface area (Å²) in [6, 6.07) is 4.83. The van der Waals surface area contributed by atoms with E-state index in [1.165, 1.54) is 20.3 Å². The highest BCUT2D eigenvalue weighted by Gasteiger charge is 2.43. The second kappa shape index (κ2) is 7.47. The molecule has 2 aliphatic rings. The molecule has 0 radical (unpaired) electrons. The minimum atomic E-state index is -3.54. The molecule has 0 spiro atoms. The zero-order chi connectivity index (χ0) is 16.6. The molecule has 1 saturated carbocycles. The number of hydrogen-bond donors (Lipinski definition) is 1. The Labute approximate surface area is 149 Å². The Balaban J connectivity index is 0.00000208. The van der Waals surface area contributed by atoms with E-state index in [0.29, 0.717) is 30.5 Å². The van der Waals surface area contributed by atoms with Crippen molar-refractivity contribution in [1.29, 1.82) is 0 Å². The van der Waals surface area contributed by atoms with Crippen LogP contribution in [-0.4, -0.2) is 46.1 Å². The van der Waals surface area contributed by atoms with Crippen LogP contribution in [0.1, 0.15) is 19.3 Å². The van der Waals surface area contributed by atoms with Crippen LogP contribution in [0.5, 0.6) is 11.5 Å². The second-order valence-electron chi connectivity index (χ2n) is 6.36. The van der Waals surface area contributed by atoms with Crippen molar-refractivity contribution in [3.8, 4) is 11.5 Å². The molecule has 1 aromatic rings. The van der Waals surface area contributed by atoms with Crippen LogP contribution in [0.4, 0.5) is 0 Å². The minimum absolute atomic E-state index is 0. The maximum absolute atomic E-state index is 12.9. The number of methoxy groups -OCH3 is 2. The predicted octanol–water partition coefficient (Wildman–Crippen LogP) is 1.87. The highest BCUT2D eigenvalue weighted by atomic mass is 35.5. The third-order valence-electron chi connectivity index (χ3n) is 5.11. The van der Waals surface area contributed by atoms with E-state index in [-0.39, 0.29) is 29.3 Å². The molecule has 0 aromatic heterocycles. The standard InChI is InChI=1S/C16H24N2O4S.ClH/c1-21-15-7-6-12(8-16(15)22-2)23(19,20)18-9-11-4-3-5-14(17)13(11)10-18;/h6-8,11,13-14H,3-5,9-10,17H2,1-2H3;1H. The molecule has 1 heterocycles. The molecule has 2 N–H and O–H groups in total. The fourth-order valence-electron chi connectivity index (χ4n) is 3.80. The fraction of sp³-hybridized carbons (Fsp3) is 0.625. The topological polar surface area (TPSA) is 81.9 Å². The van der Waals surface area contributed by atoms with Crippen LogP contribution in [0.2, 0.25) is 0 Å². The van der Waals surface area contributed by atoms with Crippen LogP contribution < -0.4 is 15.2 Å². The molecule has 6 nitrogen and oxygen atoms in total. The number of hydrogen-bond acceptors (Lipinski definition) is 5. The van der Waals surface area contributed by atoms with Gasteiger partial charge in [0.05, 0.1) is 19.1 Å². The SMILES string of the molecule is COc1ccc(S(=O)(=O)N2CC3CCCC(N)C3C2)cc1OC.Cl. The van der Waals surface area contributed by atoms with Gasteiger partial charge >= 0.3 is 0 Å². The van der Waals surface area contributed by atoms with Crippen LogP contribution in [0.25, 0.3) is 0 Å². The lowest BCUT2D eigenvalue weighted by atomic mass is 9.78. The van der Waals surface area contributed by atoms with Gasteiger partial charge in [-0.2, -0.15) is 4.31 Å². The second-order valence-corrected chi connectivity index (χ2v) is 8.30. The van der Waals surface area contributed by atoms with Crippen LogP contribution in [-0.2, 0) is 10.0 Å². The minimum Gasteiger partial charge on any atom is -0.493 e. The first-order valence-corrected chi connectivity index (χ1v) is 9.39. The Kier molecular flexibility index (Phi) is 6.01. The summed E-state index contributed by atoms with van der Waals surface area (Å²) < 4.78 is 37.8. The molecule has 3 unspecified atom stereocenters. The highest BCUT2D eigenvalue weighted by molar-refractivity contribution is 7.89. The first-order chi connectivity index (χ1) is 11.0. The van der Waals surface area contributed by atoms with Gasteiger partial charge in [-0.15, -0.1) is 12.4 Å². The van der Waals surface area contributed by atoms with Gasteiger partial charge in [-0.05, 0) is 36.8 Å². The summed E-state index contributed by atoms with van der Waals surface area (Å²) in [7, 11) is -0.512. The molecule has 1 aromatic carbocycles. The smallest absolute Gasteiger partial charge is 0.243 e. The molecule has 0 bridgehead atoms. The third kappa shape index (κ3) is 3.35. The quantitative estimate of drug-likeness (QED) is 0.867. The Hall–Kier alpha value is -1.02. The van der Waals surface area contributed by atoms with Crippen LogP contribution >= 0.6 is 12.4 Å². The zero-order valence-corrected chi connectivity index (χ0v) is 15.6. The monoisotopic (exact) mass is 376 g/mol. The molecule has 0 amide bonds. The molecular weight excluding hydrogens is 352 g/mol. The summed E-state index contributed by atoms with van der Waals surface area (Å²) in [5.41, 5.74) is 6.19. The van der Waals surface area contributed by atoms with Crippen molar-refractivity contribution in [2.24, 2.45) is 17.6 Å². The van der Waals surface area contributed by atoms with E-state index in [1.54, 1.807) is 16.4 Å². The Morgan fingerprint density at radius 2 is 1.83 bits per heavy atom. The normalized spacial score (nSPS) is 27.2. The molecule has 8 heteroatoms. The van der Waals surface area contributed by atoms with E-state index < -0.39 is 10.0 Å². The number of nitrogens with two attached hydrogens (primary N) is 1. The van der Waals surface area contributed by atoms with E-state index in [9.17, 15) is 8.42 Å². The first kappa shape index (κ1) is 19.3.